The summed E-state index contributed by atoms with van der Waals surface area (Å²) in [7, 11) is 1.70. The second kappa shape index (κ2) is 22.9. The van der Waals surface area contributed by atoms with E-state index in [9.17, 15) is 38.7 Å². The lowest BCUT2D eigenvalue weighted by Gasteiger charge is -2.39. The SMILES string of the molecule is CC(=O)N[C@H](C(=O)N1C[C@H](O)C[C@H]1C(=O)NCc1ccc(-c2scnc2C)cc1OCCCCN(C)C(=O)[C@@H]1CC[C@@H]2CCN(C(=O)c3noc4ccc(C)cc34)C[C@H](NC(=O)OC(C)(C)C)C(=O)N21)C(C)(C)C. The molecule has 0 unspecified atom stereocenters. The zero-order valence-corrected chi connectivity index (χ0v) is 44.9. The van der Waals surface area contributed by atoms with Gasteiger partial charge in [0.15, 0.2) is 11.3 Å². The first-order chi connectivity index (χ1) is 34.9. The monoisotopic (exact) mass is 1040 g/mol. The third kappa shape index (κ3) is 13.0. The molecule has 3 fully saturated rings. The number of β-amino-alcohol motifs (C(OH)–C–C–N with tert-alkyl or cyclic N) is 1. The lowest BCUT2D eigenvalue weighted by molar-refractivity contribution is -0.147. The van der Waals surface area contributed by atoms with E-state index in [1.165, 1.54) is 28.1 Å². The Balaban J connectivity index is 0.989. The van der Waals surface area contributed by atoms with E-state index >= 15 is 0 Å². The predicted octanol–water partition coefficient (Wildman–Crippen LogP) is 5.11. The number of aliphatic hydroxyl groups is 1. The van der Waals surface area contributed by atoms with Gasteiger partial charge in [0.1, 0.15) is 35.5 Å². The lowest BCUT2D eigenvalue weighted by atomic mass is 9.85. The third-order valence-corrected chi connectivity index (χ3v) is 14.6. The summed E-state index contributed by atoms with van der Waals surface area (Å²) in [5, 5.41) is 23.7. The molecule has 3 saturated heterocycles. The fraction of sp³-hybridized carbons (Fsp3) is 0.566. The van der Waals surface area contributed by atoms with Crippen molar-refractivity contribution < 1.29 is 52.7 Å². The number of nitrogens with zero attached hydrogens (tertiary/aromatic N) is 6. The van der Waals surface area contributed by atoms with Gasteiger partial charge in [-0.2, -0.15) is 0 Å². The molecular weight excluding hydrogens is 971 g/mol. The van der Waals surface area contributed by atoms with Gasteiger partial charge < -0.3 is 54.7 Å². The van der Waals surface area contributed by atoms with Crippen LogP contribution in [0.15, 0.2) is 46.4 Å². The second-order valence-corrected chi connectivity index (χ2v) is 22.6. The van der Waals surface area contributed by atoms with Crippen LogP contribution in [0.5, 0.6) is 5.75 Å². The predicted molar refractivity (Wildman–Crippen MR) is 276 cm³/mol. The maximum absolute atomic E-state index is 14.6. The fourth-order valence-electron chi connectivity index (χ4n) is 9.89. The zero-order chi connectivity index (χ0) is 53.8. The van der Waals surface area contributed by atoms with Gasteiger partial charge in [0.25, 0.3) is 5.91 Å². The van der Waals surface area contributed by atoms with E-state index in [1.807, 2.05) is 65.0 Å². The standard InChI is InChI=1S/C53H71N9O11S/c1-30-13-18-41-37(23-30)43(58-73-41)49(68)60-21-19-35-16-17-39(62(35)47(66)38(28-60)57-51(70)72-53(7,8)9)48(67)59(10)20-11-12-22-71-42-24-33(44-31(2)55-29-74-44)14-15-34(42)26-54-46(65)40-25-36(64)27-61(40)50(69)45(52(4,5)6)56-32(3)63/h13-15,18,23-24,29,35-36,38-40,45,64H,11-12,16-17,19-22,25-28H2,1-10H3,(H,54,65)(H,56,63)(H,57,70)/t35-,36-,38+,39+,40+,45-/m1/s1. The first kappa shape index (κ1) is 55.1. The molecular formula is C53H71N9O11S. The molecule has 3 aliphatic heterocycles. The molecule has 7 rings (SSSR count). The Labute approximate surface area is 435 Å². The minimum absolute atomic E-state index is 0.0431. The largest absolute Gasteiger partial charge is 0.493 e. The minimum atomic E-state index is -1.22. The van der Waals surface area contributed by atoms with Gasteiger partial charge in [0.05, 0.1) is 40.7 Å². The van der Waals surface area contributed by atoms with Crippen molar-refractivity contribution in [2.75, 3.05) is 39.8 Å². The normalized spacial score (nSPS) is 20.6. The van der Waals surface area contributed by atoms with E-state index in [2.05, 4.69) is 26.1 Å². The number of unbranched alkanes of at least 4 members (excludes halogenated alkanes) is 1. The number of hydrogen-bond donors (Lipinski definition) is 4. The van der Waals surface area contributed by atoms with Crippen molar-refractivity contribution in [2.24, 2.45) is 5.41 Å². The molecule has 2 aromatic carbocycles. The Morgan fingerprint density at radius 1 is 0.973 bits per heavy atom. The molecule has 6 atom stereocenters. The number of benzene rings is 2. The van der Waals surface area contributed by atoms with Gasteiger partial charge in [-0.1, -0.05) is 49.7 Å². The zero-order valence-electron chi connectivity index (χ0n) is 44.1. The van der Waals surface area contributed by atoms with Gasteiger partial charge in [-0.15, -0.1) is 11.3 Å². The van der Waals surface area contributed by atoms with Crippen molar-refractivity contribution in [3.05, 3.63) is 64.4 Å². The van der Waals surface area contributed by atoms with Gasteiger partial charge in [0, 0.05) is 58.2 Å². The Morgan fingerprint density at radius 3 is 2.42 bits per heavy atom. The van der Waals surface area contributed by atoms with Crippen LogP contribution in [-0.2, 0) is 35.3 Å². The van der Waals surface area contributed by atoms with Crippen molar-refractivity contribution in [3.8, 4) is 16.2 Å². The van der Waals surface area contributed by atoms with E-state index < -0.39 is 71.0 Å². The molecule has 74 heavy (non-hydrogen) atoms. The molecule has 4 aromatic rings. The summed E-state index contributed by atoms with van der Waals surface area (Å²) in [5.74, 6) is -1.90. The average Bonchev–Trinajstić information content (AvgIpc) is 4.14. The quantitative estimate of drug-likeness (QED) is 0.113. The van der Waals surface area contributed by atoms with Crippen molar-refractivity contribution in [1.82, 2.24) is 45.7 Å². The fourth-order valence-corrected chi connectivity index (χ4v) is 10.7. The van der Waals surface area contributed by atoms with Crippen LogP contribution < -0.4 is 20.7 Å². The minimum Gasteiger partial charge on any atom is -0.493 e. The molecule has 5 heterocycles. The van der Waals surface area contributed by atoms with E-state index in [0.29, 0.717) is 60.9 Å². The highest BCUT2D eigenvalue weighted by atomic mass is 32.1. The summed E-state index contributed by atoms with van der Waals surface area (Å²) in [5.41, 5.74) is 4.16. The molecule has 20 nitrogen and oxygen atoms in total. The highest BCUT2D eigenvalue weighted by Crippen LogP contribution is 2.34. The molecule has 21 heteroatoms. The third-order valence-electron chi connectivity index (χ3n) is 13.7. The number of alkyl carbamates (subject to hydrolysis) is 1. The maximum Gasteiger partial charge on any atom is 0.408 e. The average molecular weight is 1040 g/mol. The van der Waals surface area contributed by atoms with Crippen LogP contribution in [0.1, 0.15) is 114 Å². The molecule has 400 valence electrons. The van der Waals surface area contributed by atoms with Crippen LogP contribution in [-0.4, -0.2) is 158 Å². The van der Waals surface area contributed by atoms with Gasteiger partial charge in [0.2, 0.25) is 29.5 Å². The number of nitrogens with one attached hydrogen (secondary N) is 3. The second-order valence-electron chi connectivity index (χ2n) is 21.8. The molecule has 7 amide bonds. The maximum atomic E-state index is 14.6. The molecule has 3 aliphatic rings. The van der Waals surface area contributed by atoms with Gasteiger partial charge in [-0.25, -0.2) is 9.78 Å². The van der Waals surface area contributed by atoms with E-state index in [-0.39, 0.29) is 62.8 Å². The van der Waals surface area contributed by atoms with Crippen LogP contribution in [0, 0.1) is 19.3 Å². The summed E-state index contributed by atoms with van der Waals surface area (Å²) in [6.45, 7) is 16.5. The first-order valence-corrected chi connectivity index (χ1v) is 26.2. The van der Waals surface area contributed by atoms with Crippen LogP contribution in [0.3, 0.4) is 0 Å². The number of aryl methyl sites for hydroxylation is 2. The number of fused-ring (bicyclic) bond motifs is 2. The molecule has 4 N–H and O–H groups in total. The van der Waals surface area contributed by atoms with Crippen molar-refractivity contribution >= 4 is 63.8 Å². The number of aromatic nitrogens is 2. The van der Waals surface area contributed by atoms with Gasteiger partial charge in [-0.3, -0.25) is 28.8 Å². The van der Waals surface area contributed by atoms with E-state index in [1.54, 1.807) is 49.2 Å². The lowest BCUT2D eigenvalue weighted by Crippen LogP contribution is -2.61. The van der Waals surface area contributed by atoms with Crippen LogP contribution in [0.4, 0.5) is 4.79 Å². The number of hydrogen-bond acceptors (Lipinski definition) is 14. The van der Waals surface area contributed by atoms with E-state index in [0.717, 1.165) is 21.7 Å². The Morgan fingerprint density at radius 2 is 1.73 bits per heavy atom. The van der Waals surface area contributed by atoms with Gasteiger partial charge >= 0.3 is 6.09 Å². The van der Waals surface area contributed by atoms with E-state index in [4.69, 9.17) is 14.0 Å². The molecule has 0 radical (unpaired) electrons. The summed E-state index contributed by atoms with van der Waals surface area (Å²) >= 11 is 1.49. The molecule has 2 aromatic heterocycles. The topological polar surface area (TPSA) is 246 Å². The number of aliphatic hydroxyl groups excluding tert-OH is 1. The number of rotatable bonds is 15. The van der Waals surface area contributed by atoms with Crippen LogP contribution >= 0.6 is 11.3 Å². The van der Waals surface area contributed by atoms with Crippen molar-refractivity contribution in [2.45, 2.75) is 149 Å². The Hall–Kier alpha value is -6.61. The molecule has 0 spiro atoms. The van der Waals surface area contributed by atoms with Gasteiger partial charge in [-0.05, 0) is 95.9 Å². The number of amides is 7. The molecule has 0 saturated carbocycles. The number of likely N-dealkylation sites (tertiary alicyclic amines) is 1. The molecule has 0 aliphatic carbocycles. The van der Waals surface area contributed by atoms with Crippen molar-refractivity contribution in [1.29, 1.82) is 0 Å². The number of carbonyl (C=O) groups is 7. The Bertz CT molecular complexity index is 2740. The summed E-state index contributed by atoms with van der Waals surface area (Å²) in [4.78, 5) is 107. The highest BCUT2D eigenvalue weighted by Gasteiger charge is 2.47. The number of thiazole rings is 1. The van der Waals surface area contributed by atoms with Crippen LogP contribution in [0.25, 0.3) is 21.4 Å². The smallest absolute Gasteiger partial charge is 0.408 e. The summed E-state index contributed by atoms with van der Waals surface area (Å²) in [6, 6.07) is 6.90. The van der Waals surface area contributed by atoms with Crippen LogP contribution in [0.2, 0.25) is 0 Å². The summed E-state index contributed by atoms with van der Waals surface area (Å²) < 4.78 is 17.4. The number of likely N-dealkylation sites (N-methyl/N-ethyl adjacent to an activating group) is 1. The first-order valence-electron chi connectivity index (χ1n) is 25.3. The summed E-state index contributed by atoms with van der Waals surface area (Å²) in [6.07, 6.45) is 0.751. The molecule has 0 bridgehead atoms. The highest BCUT2D eigenvalue weighted by molar-refractivity contribution is 7.13. The number of ether oxygens (including phenoxy) is 2. The van der Waals surface area contributed by atoms with Crippen molar-refractivity contribution in [3.63, 3.8) is 0 Å². The number of carbonyl (C=O) groups excluding carboxylic acids is 7. The Kier molecular flexibility index (Phi) is 17.1.